The summed E-state index contributed by atoms with van der Waals surface area (Å²) >= 11 is 0. The molecule has 0 N–H and O–H groups in total. The molecule has 3 aromatic rings. The molecule has 2 aromatic carbocycles. The molecule has 0 unspecified atom stereocenters. The van der Waals surface area contributed by atoms with Gasteiger partial charge in [-0.25, -0.2) is 0 Å². The molecule has 1 aromatic heterocycles. The Balaban J connectivity index is 1.78. The minimum Gasteiger partial charge on any atom is -0.493 e. The van der Waals surface area contributed by atoms with Crippen molar-refractivity contribution in [2.75, 3.05) is 20.8 Å². The van der Waals surface area contributed by atoms with Crippen molar-refractivity contribution in [3.63, 3.8) is 0 Å². The number of ether oxygens (including phenoxy) is 3. The zero-order valence-corrected chi connectivity index (χ0v) is 13.5. The van der Waals surface area contributed by atoms with Crippen molar-refractivity contribution in [1.29, 1.82) is 0 Å². The lowest BCUT2D eigenvalue weighted by Crippen LogP contribution is -2.12. The lowest BCUT2D eigenvalue weighted by molar-refractivity contribution is 0.0922. The number of hydrogen-bond acceptors (Lipinski definition) is 5. The van der Waals surface area contributed by atoms with Crippen LogP contribution in [0.15, 0.2) is 54.7 Å². The van der Waals surface area contributed by atoms with Gasteiger partial charge in [0.15, 0.2) is 23.9 Å². The van der Waals surface area contributed by atoms with Crippen LogP contribution in [0.25, 0.3) is 10.9 Å². The predicted octanol–water partition coefficient (Wildman–Crippen LogP) is 3.51. The van der Waals surface area contributed by atoms with E-state index in [2.05, 4.69) is 4.98 Å². The summed E-state index contributed by atoms with van der Waals surface area (Å²) in [5.41, 5.74) is 1.24. The summed E-state index contributed by atoms with van der Waals surface area (Å²) in [5.74, 6) is 1.52. The van der Waals surface area contributed by atoms with Crippen LogP contribution >= 0.6 is 0 Å². The van der Waals surface area contributed by atoms with Crippen LogP contribution in [0, 0.1) is 0 Å². The number of methoxy groups -OCH3 is 2. The summed E-state index contributed by atoms with van der Waals surface area (Å²) in [6, 6.07) is 14.5. The minimum absolute atomic E-state index is 0.0782. The lowest BCUT2D eigenvalue weighted by Gasteiger charge is -2.10. The van der Waals surface area contributed by atoms with Crippen molar-refractivity contribution in [3.05, 3.63) is 60.3 Å². The molecule has 0 aliphatic rings. The molecule has 0 atom stereocenters. The van der Waals surface area contributed by atoms with Gasteiger partial charge in [0.25, 0.3) is 0 Å². The van der Waals surface area contributed by atoms with Crippen molar-refractivity contribution < 1.29 is 19.0 Å². The summed E-state index contributed by atoms with van der Waals surface area (Å²) < 4.78 is 16.1. The second-order valence-electron chi connectivity index (χ2n) is 5.11. The minimum atomic E-state index is -0.149. The third kappa shape index (κ3) is 3.15. The number of para-hydroxylation sites is 1. The molecule has 5 heteroatoms. The number of fused-ring (bicyclic) bond motifs is 1. The normalized spacial score (nSPS) is 10.4. The highest BCUT2D eigenvalue weighted by Gasteiger charge is 2.12. The average Bonchev–Trinajstić information content (AvgIpc) is 2.65. The van der Waals surface area contributed by atoms with Crippen LogP contribution < -0.4 is 14.2 Å². The summed E-state index contributed by atoms with van der Waals surface area (Å²) in [5, 5.41) is 0.966. The maximum atomic E-state index is 12.4. The summed E-state index contributed by atoms with van der Waals surface area (Å²) in [7, 11) is 3.08. The number of aromatic nitrogens is 1. The molecule has 0 spiro atoms. The van der Waals surface area contributed by atoms with E-state index < -0.39 is 0 Å². The molecule has 1 heterocycles. The van der Waals surface area contributed by atoms with Gasteiger partial charge in [-0.3, -0.25) is 9.78 Å². The average molecular weight is 323 g/mol. The number of pyridine rings is 1. The van der Waals surface area contributed by atoms with E-state index in [1.54, 1.807) is 37.6 Å². The molecule has 0 saturated heterocycles. The Hall–Kier alpha value is -3.08. The predicted molar refractivity (Wildman–Crippen MR) is 91.1 cm³/mol. The molecule has 24 heavy (non-hydrogen) atoms. The van der Waals surface area contributed by atoms with Crippen LogP contribution in [0.4, 0.5) is 0 Å². The van der Waals surface area contributed by atoms with Gasteiger partial charge >= 0.3 is 0 Å². The van der Waals surface area contributed by atoms with E-state index in [4.69, 9.17) is 14.2 Å². The zero-order chi connectivity index (χ0) is 16.9. The first-order valence-electron chi connectivity index (χ1n) is 7.44. The number of carbonyl (C=O) groups is 1. The van der Waals surface area contributed by atoms with Crippen LogP contribution in [-0.2, 0) is 0 Å². The van der Waals surface area contributed by atoms with Gasteiger partial charge in [0.2, 0.25) is 0 Å². The van der Waals surface area contributed by atoms with E-state index in [-0.39, 0.29) is 12.4 Å². The number of Topliss-reactive ketones (excluding diaryl/α,β-unsaturated/α-hetero) is 1. The maximum Gasteiger partial charge on any atom is 0.200 e. The van der Waals surface area contributed by atoms with Gasteiger partial charge in [0, 0.05) is 17.1 Å². The van der Waals surface area contributed by atoms with E-state index in [1.807, 2.05) is 24.3 Å². The molecular weight excluding hydrogens is 306 g/mol. The van der Waals surface area contributed by atoms with Gasteiger partial charge in [-0.15, -0.1) is 0 Å². The van der Waals surface area contributed by atoms with E-state index in [9.17, 15) is 4.79 Å². The molecular formula is C19H17NO4. The fourth-order valence-corrected chi connectivity index (χ4v) is 2.43. The number of hydrogen-bond donors (Lipinski definition) is 0. The molecule has 122 valence electrons. The number of carbonyl (C=O) groups excluding carboxylic acids is 1. The monoisotopic (exact) mass is 323 g/mol. The molecule has 0 bridgehead atoms. The molecule has 0 aliphatic heterocycles. The fourth-order valence-electron chi connectivity index (χ4n) is 2.43. The Morgan fingerprint density at radius 3 is 2.54 bits per heavy atom. The highest BCUT2D eigenvalue weighted by Crippen LogP contribution is 2.28. The van der Waals surface area contributed by atoms with E-state index in [0.717, 1.165) is 10.9 Å². The van der Waals surface area contributed by atoms with Crippen LogP contribution in [0.2, 0.25) is 0 Å². The van der Waals surface area contributed by atoms with Crippen LogP contribution in [0.5, 0.6) is 17.2 Å². The SMILES string of the molecule is COc1ccc(C(=O)COc2cccc3cccnc23)cc1OC. The van der Waals surface area contributed by atoms with Gasteiger partial charge in [0.05, 0.1) is 14.2 Å². The number of ketones is 1. The Morgan fingerprint density at radius 2 is 1.75 bits per heavy atom. The highest BCUT2D eigenvalue weighted by atomic mass is 16.5. The van der Waals surface area contributed by atoms with Gasteiger partial charge in [-0.1, -0.05) is 18.2 Å². The molecule has 0 amide bonds. The van der Waals surface area contributed by atoms with Crippen molar-refractivity contribution in [2.24, 2.45) is 0 Å². The third-order valence-corrected chi connectivity index (χ3v) is 3.66. The number of benzene rings is 2. The first-order chi connectivity index (χ1) is 11.7. The van der Waals surface area contributed by atoms with E-state index in [1.165, 1.54) is 7.11 Å². The Morgan fingerprint density at radius 1 is 0.958 bits per heavy atom. The third-order valence-electron chi connectivity index (χ3n) is 3.66. The topological polar surface area (TPSA) is 57.7 Å². The zero-order valence-electron chi connectivity index (χ0n) is 13.5. The fraction of sp³-hybridized carbons (Fsp3) is 0.158. The Labute approximate surface area is 139 Å². The second kappa shape index (κ2) is 7.00. The highest BCUT2D eigenvalue weighted by molar-refractivity contribution is 5.98. The standard InChI is InChI=1S/C19H17NO4/c1-22-16-9-8-14(11-18(16)23-2)15(21)12-24-17-7-3-5-13-6-4-10-20-19(13)17/h3-11H,12H2,1-2H3. The molecule has 0 saturated carbocycles. The Bertz CT molecular complexity index is 871. The van der Waals surface area contributed by atoms with E-state index in [0.29, 0.717) is 22.8 Å². The van der Waals surface area contributed by atoms with Crippen molar-refractivity contribution >= 4 is 16.7 Å². The van der Waals surface area contributed by atoms with Gasteiger partial charge in [-0.05, 0) is 30.3 Å². The summed E-state index contributed by atoms with van der Waals surface area (Å²) in [4.78, 5) is 16.7. The van der Waals surface area contributed by atoms with Crippen LogP contribution in [0.1, 0.15) is 10.4 Å². The molecule has 0 fully saturated rings. The second-order valence-corrected chi connectivity index (χ2v) is 5.11. The van der Waals surface area contributed by atoms with Crippen molar-refractivity contribution in [2.45, 2.75) is 0 Å². The number of rotatable bonds is 6. The molecule has 0 aliphatic carbocycles. The van der Waals surface area contributed by atoms with Crippen molar-refractivity contribution in [3.8, 4) is 17.2 Å². The largest absolute Gasteiger partial charge is 0.493 e. The molecule has 3 rings (SSSR count). The molecule has 5 nitrogen and oxygen atoms in total. The number of nitrogens with zero attached hydrogens (tertiary/aromatic N) is 1. The lowest BCUT2D eigenvalue weighted by atomic mass is 10.1. The van der Waals surface area contributed by atoms with E-state index >= 15 is 0 Å². The van der Waals surface area contributed by atoms with Gasteiger partial charge < -0.3 is 14.2 Å². The first-order valence-corrected chi connectivity index (χ1v) is 7.44. The smallest absolute Gasteiger partial charge is 0.200 e. The van der Waals surface area contributed by atoms with Crippen LogP contribution in [-0.4, -0.2) is 31.6 Å². The van der Waals surface area contributed by atoms with Gasteiger partial charge in [0.1, 0.15) is 11.3 Å². The van der Waals surface area contributed by atoms with Crippen LogP contribution in [0.3, 0.4) is 0 Å². The maximum absolute atomic E-state index is 12.4. The van der Waals surface area contributed by atoms with Gasteiger partial charge in [-0.2, -0.15) is 0 Å². The first kappa shape index (κ1) is 15.8. The Kier molecular flexibility index (Phi) is 4.61. The summed E-state index contributed by atoms with van der Waals surface area (Å²) in [6.45, 7) is -0.0782. The quantitative estimate of drug-likeness (QED) is 0.650. The van der Waals surface area contributed by atoms with Crippen molar-refractivity contribution in [1.82, 2.24) is 4.98 Å². The summed E-state index contributed by atoms with van der Waals surface area (Å²) in [6.07, 6.45) is 1.70. The molecule has 0 radical (unpaired) electrons.